The molecular weight excluding hydrogens is 224 g/mol. The molecule has 1 N–H and O–H groups in total. The quantitative estimate of drug-likeness (QED) is 0.841. The average Bonchev–Trinajstić information content (AvgIpc) is 2.21. The molecule has 0 saturated heterocycles. The number of aromatic nitrogens is 1. The van der Waals surface area contributed by atoms with Crippen molar-refractivity contribution in [3.63, 3.8) is 0 Å². The van der Waals surface area contributed by atoms with E-state index < -0.39 is 0 Å². The molecule has 1 aromatic rings. The molecule has 3 heteroatoms. The third kappa shape index (κ3) is 4.30. The molecule has 0 radical (unpaired) electrons. The fourth-order valence-electron chi connectivity index (χ4n) is 2.22. The van der Waals surface area contributed by atoms with Crippen LogP contribution in [0.3, 0.4) is 0 Å². The van der Waals surface area contributed by atoms with Gasteiger partial charge in [-0.3, -0.25) is 0 Å². The van der Waals surface area contributed by atoms with Gasteiger partial charge in [0, 0.05) is 17.8 Å². The molecule has 0 aliphatic carbocycles. The Balaban J connectivity index is 2.91. The van der Waals surface area contributed by atoms with Gasteiger partial charge in [0.15, 0.2) is 0 Å². The Hall–Kier alpha value is -1.09. The number of hydrogen-bond acceptors (Lipinski definition) is 3. The van der Waals surface area contributed by atoms with E-state index in [1.807, 2.05) is 14.0 Å². The van der Waals surface area contributed by atoms with Crippen molar-refractivity contribution < 1.29 is 4.74 Å². The Labute approximate surface area is 111 Å². The molecule has 0 amide bonds. The Bertz CT molecular complexity index is 388. The molecule has 1 atom stereocenters. The second-order valence-corrected chi connectivity index (χ2v) is 5.45. The van der Waals surface area contributed by atoms with Crippen molar-refractivity contribution in [2.24, 2.45) is 5.92 Å². The first-order valence-corrected chi connectivity index (χ1v) is 6.72. The van der Waals surface area contributed by atoms with Crippen LogP contribution in [0.15, 0.2) is 6.07 Å². The van der Waals surface area contributed by atoms with Crippen molar-refractivity contribution in [3.05, 3.63) is 22.9 Å². The highest BCUT2D eigenvalue weighted by molar-refractivity contribution is 5.35. The van der Waals surface area contributed by atoms with Crippen LogP contribution < -0.4 is 10.1 Å². The SMILES string of the molecule is CNCc1c(C)cc(C)nc1OC(C)CC(C)C. The van der Waals surface area contributed by atoms with Crippen molar-refractivity contribution in [2.75, 3.05) is 7.05 Å². The number of aryl methyl sites for hydroxylation is 2. The minimum atomic E-state index is 0.203. The summed E-state index contributed by atoms with van der Waals surface area (Å²) < 4.78 is 6.02. The lowest BCUT2D eigenvalue weighted by Gasteiger charge is -2.19. The fraction of sp³-hybridized carbons (Fsp3) is 0.667. The lowest BCUT2D eigenvalue weighted by Crippen LogP contribution is -2.18. The molecule has 0 aliphatic heterocycles. The van der Waals surface area contributed by atoms with E-state index in [0.717, 1.165) is 24.5 Å². The Morgan fingerprint density at radius 3 is 2.50 bits per heavy atom. The van der Waals surface area contributed by atoms with E-state index in [1.165, 1.54) is 11.1 Å². The smallest absolute Gasteiger partial charge is 0.218 e. The summed E-state index contributed by atoms with van der Waals surface area (Å²) in [5.74, 6) is 1.42. The fourth-order valence-corrected chi connectivity index (χ4v) is 2.22. The Morgan fingerprint density at radius 1 is 1.28 bits per heavy atom. The maximum Gasteiger partial charge on any atom is 0.218 e. The molecule has 0 saturated carbocycles. The van der Waals surface area contributed by atoms with E-state index in [9.17, 15) is 0 Å². The van der Waals surface area contributed by atoms with Gasteiger partial charge < -0.3 is 10.1 Å². The largest absolute Gasteiger partial charge is 0.474 e. The van der Waals surface area contributed by atoms with Crippen LogP contribution >= 0.6 is 0 Å². The summed E-state index contributed by atoms with van der Waals surface area (Å²) in [7, 11) is 1.95. The number of nitrogens with zero attached hydrogens (tertiary/aromatic N) is 1. The summed E-state index contributed by atoms with van der Waals surface area (Å²) >= 11 is 0. The molecular formula is C15H26N2O. The predicted molar refractivity (Wildman–Crippen MR) is 76.0 cm³/mol. The summed E-state index contributed by atoms with van der Waals surface area (Å²) in [6.45, 7) is 11.5. The minimum absolute atomic E-state index is 0.203. The van der Waals surface area contributed by atoms with Gasteiger partial charge >= 0.3 is 0 Å². The standard InChI is InChI=1S/C15H26N2O/c1-10(2)7-13(5)18-15-14(9-16-6)11(3)8-12(4)17-15/h8,10,13,16H,7,9H2,1-6H3. The average molecular weight is 250 g/mol. The highest BCUT2D eigenvalue weighted by Crippen LogP contribution is 2.23. The van der Waals surface area contributed by atoms with Gasteiger partial charge in [-0.05, 0) is 51.8 Å². The van der Waals surface area contributed by atoms with E-state index >= 15 is 0 Å². The lowest BCUT2D eigenvalue weighted by molar-refractivity contribution is 0.183. The third-order valence-electron chi connectivity index (χ3n) is 2.91. The van der Waals surface area contributed by atoms with Gasteiger partial charge in [0.05, 0.1) is 6.10 Å². The van der Waals surface area contributed by atoms with E-state index in [4.69, 9.17) is 4.74 Å². The van der Waals surface area contributed by atoms with Gasteiger partial charge in [-0.1, -0.05) is 13.8 Å². The molecule has 0 bridgehead atoms. The Morgan fingerprint density at radius 2 is 1.94 bits per heavy atom. The summed E-state index contributed by atoms with van der Waals surface area (Å²) in [6, 6.07) is 2.10. The van der Waals surface area contributed by atoms with E-state index in [2.05, 4.69) is 44.1 Å². The number of ether oxygens (including phenoxy) is 1. The minimum Gasteiger partial charge on any atom is -0.474 e. The number of hydrogen-bond donors (Lipinski definition) is 1. The molecule has 0 aliphatic rings. The zero-order chi connectivity index (χ0) is 13.7. The highest BCUT2D eigenvalue weighted by Gasteiger charge is 2.13. The highest BCUT2D eigenvalue weighted by atomic mass is 16.5. The van der Waals surface area contributed by atoms with Crippen molar-refractivity contribution >= 4 is 0 Å². The molecule has 18 heavy (non-hydrogen) atoms. The predicted octanol–water partition coefficient (Wildman–Crippen LogP) is 3.23. The maximum absolute atomic E-state index is 6.02. The molecule has 1 heterocycles. The monoisotopic (exact) mass is 250 g/mol. The first kappa shape index (κ1) is 15.0. The Kier molecular flexibility index (Phi) is 5.60. The first-order valence-electron chi connectivity index (χ1n) is 6.72. The van der Waals surface area contributed by atoms with Crippen LogP contribution in [0.2, 0.25) is 0 Å². The normalized spacial score (nSPS) is 12.8. The summed E-state index contributed by atoms with van der Waals surface area (Å²) in [4.78, 5) is 4.54. The number of pyridine rings is 1. The van der Waals surface area contributed by atoms with Crippen LogP contribution in [0.1, 0.15) is 44.0 Å². The van der Waals surface area contributed by atoms with Crippen LogP contribution in [0.5, 0.6) is 5.88 Å². The first-order chi connectivity index (χ1) is 8.43. The second-order valence-electron chi connectivity index (χ2n) is 5.45. The van der Waals surface area contributed by atoms with Crippen LogP contribution in [0.25, 0.3) is 0 Å². The molecule has 0 spiro atoms. The molecule has 3 nitrogen and oxygen atoms in total. The summed E-state index contributed by atoms with van der Waals surface area (Å²) in [6.07, 6.45) is 1.25. The molecule has 1 aromatic heterocycles. The maximum atomic E-state index is 6.02. The van der Waals surface area contributed by atoms with Crippen LogP contribution in [0, 0.1) is 19.8 Å². The summed E-state index contributed by atoms with van der Waals surface area (Å²) in [5.41, 5.74) is 3.42. The molecule has 0 fully saturated rings. The number of rotatable bonds is 6. The van der Waals surface area contributed by atoms with Crippen molar-refractivity contribution in [1.29, 1.82) is 0 Å². The molecule has 1 rings (SSSR count). The second kappa shape index (κ2) is 6.74. The van der Waals surface area contributed by atoms with Crippen molar-refractivity contribution in [2.45, 2.75) is 53.7 Å². The zero-order valence-corrected chi connectivity index (χ0v) is 12.5. The van der Waals surface area contributed by atoms with Crippen LogP contribution in [0.4, 0.5) is 0 Å². The van der Waals surface area contributed by atoms with Crippen molar-refractivity contribution in [3.8, 4) is 5.88 Å². The number of nitrogens with one attached hydrogen (secondary N) is 1. The van der Waals surface area contributed by atoms with Gasteiger partial charge in [0.2, 0.25) is 5.88 Å². The zero-order valence-electron chi connectivity index (χ0n) is 12.5. The molecule has 102 valence electrons. The lowest BCUT2D eigenvalue weighted by atomic mass is 10.1. The molecule has 1 unspecified atom stereocenters. The van der Waals surface area contributed by atoms with Crippen molar-refractivity contribution in [1.82, 2.24) is 10.3 Å². The third-order valence-corrected chi connectivity index (χ3v) is 2.91. The van der Waals surface area contributed by atoms with E-state index in [1.54, 1.807) is 0 Å². The van der Waals surface area contributed by atoms with E-state index in [0.29, 0.717) is 5.92 Å². The topological polar surface area (TPSA) is 34.2 Å². The van der Waals surface area contributed by atoms with Gasteiger partial charge in [0.25, 0.3) is 0 Å². The van der Waals surface area contributed by atoms with Crippen LogP contribution in [-0.2, 0) is 6.54 Å². The van der Waals surface area contributed by atoms with Gasteiger partial charge in [-0.15, -0.1) is 0 Å². The van der Waals surface area contributed by atoms with Gasteiger partial charge in [-0.25, -0.2) is 4.98 Å². The van der Waals surface area contributed by atoms with Gasteiger partial charge in [-0.2, -0.15) is 0 Å². The van der Waals surface area contributed by atoms with Crippen LogP contribution in [-0.4, -0.2) is 18.1 Å². The van der Waals surface area contributed by atoms with E-state index in [-0.39, 0.29) is 6.10 Å². The molecule has 0 aromatic carbocycles. The van der Waals surface area contributed by atoms with Gasteiger partial charge in [0.1, 0.15) is 0 Å². The summed E-state index contributed by atoms with van der Waals surface area (Å²) in [5, 5.41) is 3.18.